The number of fused-ring (bicyclic) bond motifs is 1. The molecule has 28 heavy (non-hydrogen) atoms. The molecule has 0 bridgehead atoms. The van der Waals surface area contributed by atoms with Crippen LogP contribution >= 0.6 is 18.6 Å². The van der Waals surface area contributed by atoms with Crippen molar-refractivity contribution in [3.05, 3.63) is 115 Å². The van der Waals surface area contributed by atoms with Gasteiger partial charge in [-0.1, -0.05) is 54.6 Å². The van der Waals surface area contributed by atoms with Gasteiger partial charge in [0, 0.05) is 5.38 Å². The van der Waals surface area contributed by atoms with Crippen molar-refractivity contribution >= 4 is 39.3 Å². The summed E-state index contributed by atoms with van der Waals surface area (Å²) < 4.78 is 2.24. The smallest absolute Gasteiger partial charge is 0.119 e. The van der Waals surface area contributed by atoms with Gasteiger partial charge in [-0.2, -0.15) is 0 Å². The van der Waals surface area contributed by atoms with Gasteiger partial charge in [0.05, 0.1) is 11.9 Å². The van der Waals surface area contributed by atoms with Crippen LogP contribution in [0.5, 0.6) is 0 Å². The Labute approximate surface area is 169 Å². The molecule has 0 radical (unpaired) electrons. The maximum absolute atomic E-state index is 4.36. The van der Waals surface area contributed by atoms with Crippen LogP contribution in [-0.4, -0.2) is 9.38 Å². The van der Waals surface area contributed by atoms with E-state index in [1.165, 1.54) is 26.4 Å². The van der Waals surface area contributed by atoms with Crippen LogP contribution in [0.1, 0.15) is 5.69 Å². The van der Waals surface area contributed by atoms with Crippen LogP contribution in [-0.2, 0) is 6.16 Å². The molecular formula is C24H20N2PS+. The van der Waals surface area contributed by atoms with E-state index in [0.717, 1.165) is 6.16 Å². The number of nitrogens with zero attached hydrogens (tertiary/aromatic N) is 2. The van der Waals surface area contributed by atoms with Crippen LogP contribution in [0.2, 0.25) is 0 Å². The van der Waals surface area contributed by atoms with Crippen LogP contribution in [0.15, 0.2) is 109 Å². The minimum absolute atomic E-state index is 0.974. The van der Waals surface area contributed by atoms with Gasteiger partial charge in [0.1, 0.15) is 40.5 Å². The lowest BCUT2D eigenvalue weighted by atomic mass is 10.4. The van der Waals surface area contributed by atoms with Crippen molar-refractivity contribution < 1.29 is 0 Å². The van der Waals surface area contributed by atoms with Gasteiger partial charge in [-0.25, -0.2) is 4.98 Å². The number of thiazole rings is 1. The Balaban J connectivity index is 1.80. The van der Waals surface area contributed by atoms with E-state index in [4.69, 9.17) is 0 Å². The van der Waals surface area contributed by atoms with Gasteiger partial charge in [0.15, 0.2) is 0 Å². The van der Waals surface area contributed by atoms with Crippen LogP contribution in [0.3, 0.4) is 0 Å². The lowest BCUT2D eigenvalue weighted by Gasteiger charge is -2.27. The van der Waals surface area contributed by atoms with E-state index >= 15 is 0 Å². The third-order valence-electron chi connectivity index (χ3n) is 5.22. The molecule has 0 fully saturated rings. The summed E-state index contributed by atoms with van der Waals surface area (Å²) in [6, 6.07) is 33.1. The number of hydrogen-bond acceptors (Lipinski definition) is 2. The SMILES string of the molecule is c1ccc([P+](Cc2csc3cncn23)(c2ccccc2)c2ccccc2)cc1. The first-order chi connectivity index (χ1) is 13.9. The molecular weight excluding hydrogens is 379 g/mol. The molecule has 0 N–H and O–H groups in total. The number of hydrogen-bond donors (Lipinski definition) is 0. The molecule has 4 heteroatoms. The molecule has 3 aromatic carbocycles. The van der Waals surface area contributed by atoms with Gasteiger partial charge in [-0.15, -0.1) is 11.3 Å². The molecule has 5 rings (SSSR count). The molecule has 0 unspecified atom stereocenters. The first kappa shape index (κ1) is 17.4. The fraction of sp³-hybridized carbons (Fsp3) is 0.0417. The van der Waals surface area contributed by atoms with Crippen LogP contribution in [0.4, 0.5) is 0 Å². The number of benzene rings is 3. The molecule has 0 saturated carbocycles. The molecule has 136 valence electrons. The second-order valence-corrected chi connectivity index (χ2v) is 11.2. The van der Waals surface area contributed by atoms with E-state index in [9.17, 15) is 0 Å². The van der Waals surface area contributed by atoms with Gasteiger partial charge < -0.3 is 0 Å². The summed E-state index contributed by atoms with van der Waals surface area (Å²) in [6.45, 7) is 0. The van der Waals surface area contributed by atoms with Gasteiger partial charge in [-0.05, 0) is 36.4 Å². The largest absolute Gasteiger partial charge is 0.290 e. The average Bonchev–Trinajstić information content (AvgIpc) is 3.39. The Hall–Kier alpha value is -2.74. The fourth-order valence-corrected chi connectivity index (χ4v) is 9.09. The first-order valence-electron chi connectivity index (χ1n) is 9.31. The van der Waals surface area contributed by atoms with Crippen molar-refractivity contribution in [2.24, 2.45) is 0 Å². The highest BCUT2D eigenvalue weighted by Gasteiger charge is 2.46. The predicted octanol–water partition coefficient (Wildman–Crippen LogP) is 4.89. The normalized spacial score (nSPS) is 11.7. The molecule has 2 aromatic heterocycles. The van der Waals surface area contributed by atoms with Gasteiger partial charge in [-0.3, -0.25) is 4.40 Å². The lowest BCUT2D eigenvalue weighted by molar-refractivity contribution is 1.08. The summed E-state index contributed by atoms with van der Waals surface area (Å²) in [5, 5.41) is 6.52. The standard InChI is InChI=1S/C24H20N2PS/c1-4-10-21(11-5-1)27(22-12-6-2-7-13-22,23-14-8-3-9-15-23)17-20-18-28-24-16-25-19-26(20)24/h1-16,18-19H,17H2/q+1. The van der Waals surface area contributed by atoms with E-state index in [1.54, 1.807) is 11.3 Å². The second kappa shape index (κ2) is 7.35. The van der Waals surface area contributed by atoms with Crippen molar-refractivity contribution in [1.82, 2.24) is 9.38 Å². The highest BCUT2D eigenvalue weighted by atomic mass is 32.1. The lowest BCUT2D eigenvalue weighted by Crippen LogP contribution is -2.32. The predicted molar refractivity (Wildman–Crippen MR) is 122 cm³/mol. The number of imidazole rings is 1. The summed E-state index contributed by atoms with van der Waals surface area (Å²) in [4.78, 5) is 5.55. The van der Waals surface area contributed by atoms with E-state index in [0.29, 0.717) is 0 Å². The zero-order valence-corrected chi connectivity index (χ0v) is 17.1. The zero-order valence-electron chi connectivity index (χ0n) is 15.3. The van der Waals surface area contributed by atoms with Crippen molar-refractivity contribution in [3.8, 4) is 0 Å². The average molecular weight is 399 g/mol. The fourth-order valence-electron chi connectivity index (χ4n) is 3.90. The first-order valence-corrected chi connectivity index (χ1v) is 12.2. The quantitative estimate of drug-likeness (QED) is 0.385. The maximum Gasteiger partial charge on any atom is 0.119 e. The van der Waals surface area contributed by atoms with E-state index in [1.807, 2.05) is 12.5 Å². The van der Waals surface area contributed by atoms with Gasteiger partial charge in [0.25, 0.3) is 0 Å². The summed E-state index contributed by atoms with van der Waals surface area (Å²) in [7, 11) is -1.86. The molecule has 0 aliphatic rings. The van der Waals surface area contributed by atoms with Crippen molar-refractivity contribution in [1.29, 1.82) is 0 Å². The molecule has 0 atom stereocenters. The molecule has 0 spiro atoms. The zero-order chi connectivity index (χ0) is 18.8. The Morgan fingerprint density at radius 2 is 1.21 bits per heavy atom. The Morgan fingerprint density at radius 3 is 1.71 bits per heavy atom. The van der Waals surface area contributed by atoms with Crippen molar-refractivity contribution in [3.63, 3.8) is 0 Å². The summed E-state index contributed by atoms with van der Waals surface area (Å²) in [6.07, 6.45) is 4.86. The summed E-state index contributed by atoms with van der Waals surface area (Å²) >= 11 is 1.77. The van der Waals surface area contributed by atoms with Crippen LogP contribution in [0.25, 0.3) is 4.83 Å². The monoisotopic (exact) mass is 399 g/mol. The van der Waals surface area contributed by atoms with Gasteiger partial charge >= 0.3 is 0 Å². The van der Waals surface area contributed by atoms with Crippen molar-refractivity contribution in [2.75, 3.05) is 0 Å². The molecule has 0 aliphatic heterocycles. The number of aromatic nitrogens is 2. The molecule has 0 saturated heterocycles. The highest BCUT2D eigenvalue weighted by molar-refractivity contribution is 7.95. The van der Waals surface area contributed by atoms with E-state index in [-0.39, 0.29) is 0 Å². The highest BCUT2D eigenvalue weighted by Crippen LogP contribution is 2.58. The van der Waals surface area contributed by atoms with Crippen molar-refractivity contribution in [2.45, 2.75) is 6.16 Å². The van der Waals surface area contributed by atoms with E-state index in [2.05, 4.69) is 106 Å². The Kier molecular flexibility index (Phi) is 4.56. The van der Waals surface area contributed by atoms with Gasteiger partial charge in [0.2, 0.25) is 0 Å². The maximum atomic E-state index is 4.36. The van der Waals surface area contributed by atoms with E-state index < -0.39 is 7.26 Å². The molecule has 2 heterocycles. The molecule has 0 amide bonds. The topological polar surface area (TPSA) is 17.3 Å². The Bertz CT molecular complexity index is 1080. The van der Waals surface area contributed by atoms with Crippen LogP contribution < -0.4 is 15.9 Å². The summed E-state index contributed by atoms with van der Waals surface area (Å²) in [5.74, 6) is 0. The third-order valence-corrected chi connectivity index (χ3v) is 10.5. The molecule has 5 aromatic rings. The minimum atomic E-state index is -1.86. The summed E-state index contributed by atoms with van der Waals surface area (Å²) in [5.41, 5.74) is 1.32. The van der Waals surface area contributed by atoms with Crippen LogP contribution in [0, 0.1) is 0 Å². The minimum Gasteiger partial charge on any atom is -0.290 e. The second-order valence-electron chi connectivity index (χ2n) is 6.80. The third kappa shape index (κ3) is 2.88. The molecule has 0 aliphatic carbocycles. The number of rotatable bonds is 5. The molecule has 2 nitrogen and oxygen atoms in total. The Morgan fingerprint density at radius 1 is 0.714 bits per heavy atom.